The van der Waals surface area contributed by atoms with E-state index in [2.05, 4.69) is 28.3 Å². The van der Waals surface area contributed by atoms with Gasteiger partial charge in [-0.05, 0) is 31.9 Å². The molecule has 0 atom stereocenters. The smallest absolute Gasteiger partial charge is 0.0831 e. The average molecular weight is 257 g/mol. The van der Waals surface area contributed by atoms with E-state index < -0.39 is 0 Å². The van der Waals surface area contributed by atoms with Crippen molar-refractivity contribution >= 4 is 5.69 Å². The minimum Gasteiger partial charge on any atom is -0.393 e. The summed E-state index contributed by atoms with van der Waals surface area (Å²) in [5, 5.41) is 14.2. The fraction of sp³-hybridized carbons (Fsp3) is 0.400. The van der Waals surface area contributed by atoms with Gasteiger partial charge in [-0.25, -0.2) is 4.68 Å². The van der Waals surface area contributed by atoms with Crippen molar-refractivity contribution in [2.75, 3.05) is 18.0 Å². The van der Waals surface area contributed by atoms with Crippen molar-refractivity contribution in [3.63, 3.8) is 0 Å². The molecule has 2 aromatic rings. The van der Waals surface area contributed by atoms with Gasteiger partial charge in [-0.1, -0.05) is 18.2 Å². The molecular formula is C15H19N3O. The number of aliphatic hydroxyl groups is 1. The number of aromatic nitrogens is 2. The summed E-state index contributed by atoms with van der Waals surface area (Å²) < 4.78 is 1.93. The summed E-state index contributed by atoms with van der Waals surface area (Å²) in [6, 6.07) is 10.1. The topological polar surface area (TPSA) is 41.3 Å². The van der Waals surface area contributed by atoms with E-state index in [1.165, 1.54) is 5.69 Å². The highest BCUT2D eigenvalue weighted by Crippen LogP contribution is 2.24. The lowest BCUT2D eigenvalue weighted by atomic mass is 10.1. The minimum atomic E-state index is -0.138. The first-order chi connectivity index (χ1) is 9.24. The molecule has 0 amide bonds. The standard InChI is InChI=1S/C15H19N3O/c1-12-15(17-9-7-14(19)8-10-17)11-18(16-12)13-5-3-2-4-6-13/h2-6,11,14,19H,7-10H2,1H3. The van der Waals surface area contributed by atoms with Crippen molar-refractivity contribution in [3.8, 4) is 5.69 Å². The Morgan fingerprint density at radius 3 is 2.53 bits per heavy atom. The third-order valence-electron chi connectivity index (χ3n) is 3.70. The molecule has 1 aromatic carbocycles. The van der Waals surface area contributed by atoms with Gasteiger partial charge in [0.15, 0.2) is 0 Å². The van der Waals surface area contributed by atoms with Crippen molar-refractivity contribution in [1.82, 2.24) is 9.78 Å². The molecule has 3 rings (SSSR count). The zero-order valence-corrected chi connectivity index (χ0v) is 11.2. The number of rotatable bonds is 2. The van der Waals surface area contributed by atoms with Crippen LogP contribution in [0, 0.1) is 6.92 Å². The number of aryl methyl sites for hydroxylation is 1. The van der Waals surface area contributed by atoms with Crippen molar-refractivity contribution in [2.45, 2.75) is 25.9 Å². The summed E-state index contributed by atoms with van der Waals surface area (Å²) in [7, 11) is 0. The van der Waals surface area contributed by atoms with Crippen molar-refractivity contribution < 1.29 is 5.11 Å². The van der Waals surface area contributed by atoms with Gasteiger partial charge in [0, 0.05) is 13.1 Å². The van der Waals surface area contributed by atoms with Crippen LogP contribution in [0.3, 0.4) is 0 Å². The SMILES string of the molecule is Cc1nn(-c2ccccc2)cc1N1CCC(O)CC1. The quantitative estimate of drug-likeness (QED) is 0.896. The Balaban J connectivity index is 1.86. The van der Waals surface area contributed by atoms with E-state index in [0.29, 0.717) is 0 Å². The third-order valence-corrected chi connectivity index (χ3v) is 3.70. The van der Waals surface area contributed by atoms with Crippen molar-refractivity contribution in [1.29, 1.82) is 0 Å². The first-order valence-corrected chi connectivity index (χ1v) is 6.79. The molecule has 0 aliphatic carbocycles. The number of hydrogen-bond acceptors (Lipinski definition) is 3. The van der Waals surface area contributed by atoms with Crippen LogP contribution >= 0.6 is 0 Å². The largest absolute Gasteiger partial charge is 0.393 e. The van der Waals surface area contributed by atoms with Gasteiger partial charge in [-0.15, -0.1) is 0 Å². The summed E-state index contributed by atoms with van der Waals surface area (Å²) in [5.41, 5.74) is 3.30. The van der Waals surface area contributed by atoms with Gasteiger partial charge in [0.1, 0.15) is 0 Å². The van der Waals surface area contributed by atoms with Crippen LogP contribution in [-0.2, 0) is 0 Å². The van der Waals surface area contributed by atoms with Crippen LogP contribution in [-0.4, -0.2) is 34.1 Å². The Hall–Kier alpha value is -1.81. The Morgan fingerprint density at radius 2 is 1.84 bits per heavy atom. The molecule has 1 N–H and O–H groups in total. The van der Waals surface area contributed by atoms with Gasteiger partial charge in [0.25, 0.3) is 0 Å². The molecule has 0 unspecified atom stereocenters. The molecule has 4 heteroatoms. The minimum absolute atomic E-state index is 0.138. The van der Waals surface area contributed by atoms with E-state index in [0.717, 1.165) is 37.3 Å². The zero-order valence-electron chi connectivity index (χ0n) is 11.2. The fourth-order valence-corrected chi connectivity index (χ4v) is 2.58. The second-order valence-corrected chi connectivity index (χ2v) is 5.10. The lowest BCUT2D eigenvalue weighted by Crippen LogP contribution is -2.35. The molecule has 1 aromatic heterocycles. The Labute approximate surface area is 113 Å². The first kappa shape index (κ1) is 12.2. The highest BCUT2D eigenvalue weighted by Gasteiger charge is 2.20. The van der Waals surface area contributed by atoms with E-state index in [9.17, 15) is 5.11 Å². The zero-order chi connectivity index (χ0) is 13.2. The Bertz CT molecular complexity index is 542. The summed E-state index contributed by atoms with van der Waals surface area (Å²) in [6.45, 7) is 3.85. The number of benzene rings is 1. The van der Waals surface area contributed by atoms with Gasteiger partial charge >= 0.3 is 0 Å². The molecule has 0 spiro atoms. The highest BCUT2D eigenvalue weighted by molar-refractivity contribution is 5.51. The van der Waals surface area contributed by atoms with Gasteiger partial charge in [0.05, 0.1) is 29.4 Å². The van der Waals surface area contributed by atoms with Crippen molar-refractivity contribution in [2.24, 2.45) is 0 Å². The van der Waals surface area contributed by atoms with Crippen LogP contribution in [0.15, 0.2) is 36.5 Å². The van der Waals surface area contributed by atoms with E-state index in [-0.39, 0.29) is 6.10 Å². The molecule has 1 aliphatic heterocycles. The van der Waals surface area contributed by atoms with Crippen LogP contribution < -0.4 is 4.90 Å². The van der Waals surface area contributed by atoms with E-state index in [1.54, 1.807) is 0 Å². The van der Waals surface area contributed by atoms with Crippen molar-refractivity contribution in [3.05, 3.63) is 42.2 Å². The van der Waals surface area contributed by atoms with Crippen LogP contribution in [0.2, 0.25) is 0 Å². The Morgan fingerprint density at radius 1 is 1.16 bits per heavy atom. The maximum absolute atomic E-state index is 9.58. The summed E-state index contributed by atoms with van der Waals surface area (Å²) in [5.74, 6) is 0. The maximum atomic E-state index is 9.58. The number of aliphatic hydroxyl groups excluding tert-OH is 1. The molecule has 100 valence electrons. The molecule has 1 saturated heterocycles. The molecule has 1 fully saturated rings. The molecular weight excluding hydrogens is 238 g/mol. The first-order valence-electron chi connectivity index (χ1n) is 6.79. The molecule has 0 radical (unpaired) electrons. The van der Waals surface area contributed by atoms with E-state index in [1.807, 2.05) is 29.8 Å². The van der Waals surface area contributed by atoms with Gasteiger partial charge in [-0.3, -0.25) is 0 Å². The predicted octanol–water partition coefficient (Wildman–Crippen LogP) is 2.14. The summed E-state index contributed by atoms with van der Waals surface area (Å²) in [4.78, 5) is 2.31. The second kappa shape index (κ2) is 5.05. The second-order valence-electron chi connectivity index (χ2n) is 5.10. The lowest BCUT2D eigenvalue weighted by Gasteiger charge is -2.30. The van der Waals surface area contributed by atoms with Crippen LogP contribution in [0.5, 0.6) is 0 Å². The average Bonchev–Trinajstić information content (AvgIpc) is 2.83. The number of anilines is 1. The van der Waals surface area contributed by atoms with Gasteiger partial charge in [0.2, 0.25) is 0 Å². The molecule has 19 heavy (non-hydrogen) atoms. The summed E-state index contributed by atoms with van der Waals surface area (Å²) >= 11 is 0. The number of para-hydroxylation sites is 1. The molecule has 0 bridgehead atoms. The van der Waals surface area contributed by atoms with Crippen LogP contribution in [0.1, 0.15) is 18.5 Å². The number of piperidine rings is 1. The number of nitrogens with zero attached hydrogens (tertiary/aromatic N) is 3. The highest BCUT2D eigenvalue weighted by atomic mass is 16.3. The monoisotopic (exact) mass is 257 g/mol. The number of hydrogen-bond donors (Lipinski definition) is 1. The summed E-state index contributed by atoms with van der Waals surface area (Å²) in [6.07, 6.45) is 3.63. The fourth-order valence-electron chi connectivity index (χ4n) is 2.58. The molecule has 0 saturated carbocycles. The maximum Gasteiger partial charge on any atom is 0.0831 e. The van der Waals surface area contributed by atoms with E-state index in [4.69, 9.17) is 0 Å². The third kappa shape index (κ3) is 2.49. The normalized spacial score (nSPS) is 16.8. The van der Waals surface area contributed by atoms with Gasteiger partial charge < -0.3 is 10.0 Å². The predicted molar refractivity (Wildman–Crippen MR) is 75.8 cm³/mol. The molecule has 4 nitrogen and oxygen atoms in total. The van der Waals surface area contributed by atoms with E-state index >= 15 is 0 Å². The lowest BCUT2D eigenvalue weighted by molar-refractivity contribution is 0.145. The molecule has 2 heterocycles. The van der Waals surface area contributed by atoms with Crippen LogP contribution in [0.4, 0.5) is 5.69 Å². The van der Waals surface area contributed by atoms with Crippen LogP contribution in [0.25, 0.3) is 5.69 Å². The van der Waals surface area contributed by atoms with Gasteiger partial charge in [-0.2, -0.15) is 5.10 Å². The Kier molecular flexibility index (Phi) is 3.25. The molecule has 1 aliphatic rings.